The lowest BCUT2D eigenvalue weighted by atomic mass is 9.94. The minimum atomic E-state index is -0.936. The monoisotopic (exact) mass is 531 g/mol. The van der Waals surface area contributed by atoms with E-state index in [0.717, 1.165) is 0 Å². The SMILES string of the molecule is CCOc1ccc(/C(O)=C2\C(=O)C(=O)N(c3cccc(OC)c3)C2c2cccc(OC(C)C)c2)c(OCC)c1. The molecule has 1 saturated heterocycles. The molecule has 0 aliphatic carbocycles. The van der Waals surface area contributed by atoms with Crippen molar-refractivity contribution in [3.05, 3.63) is 83.4 Å². The molecule has 1 aliphatic heterocycles. The number of benzene rings is 3. The van der Waals surface area contributed by atoms with Crippen LogP contribution in [-0.2, 0) is 9.59 Å². The molecule has 1 unspecified atom stereocenters. The molecule has 204 valence electrons. The molecular formula is C31H33NO7. The molecule has 39 heavy (non-hydrogen) atoms. The molecule has 0 bridgehead atoms. The predicted octanol–water partition coefficient (Wildman–Crippen LogP) is 5.91. The Morgan fingerprint density at radius 1 is 0.897 bits per heavy atom. The number of anilines is 1. The second kappa shape index (κ2) is 11.9. The first-order valence-electron chi connectivity index (χ1n) is 12.9. The van der Waals surface area contributed by atoms with Gasteiger partial charge in [0.2, 0.25) is 0 Å². The zero-order valence-corrected chi connectivity index (χ0v) is 22.8. The zero-order chi connectivity index (χ0) is 28.1. The smallest absolute Gasteiger partial charge is 0.300 e. The van der Waals surface area contributed by atoms with Gasteiger partial charge in [-0.05, 0) is 69.7 Å². The van der Waals surface area contributed by atoms with Crippen molar-refractivity contribution in [1.29, 1.82) is 0 Å². The maximum Gasteiger partial charge on any atom is 0.300 e. The summed E-state index contributed by atoms with van der Waals surface area (Å²) in [6, 6.07) is 18.1. The minimum Gasteiger partial charge on any atom is -0.507 e. The van der Waals surface area contributed by atoms with E-state index >= 15 is 0 Å². The summed E-state index contributed by atoms with van der Waals surface area (Å²) in [5.41, 5.74) is 1.27. The van der Waals surface area contributed by atoms with Gasteiger partial charge in [0.1, 0.15) is 28.8 Å². The van der Waals surface area contributed by atoms with E-state index in [2.05, 4.69) is 0 Å². The van der Waals surface area contributed by atoms with E-state index in [0.29, 0.717) is 47.5 Å². The second-order valence-electron chi connectivity index (χ2n) is 9.13. The van der Waals surface area contributed by atoms with Gasteiger partial charge in [-0.1, -0.05) is 18.2 Å². The second-order valence-corrected chi connectivity index (χ2v) is 9.13. The Kier molecular flexibility index (Phi) is 8.44. The minimum absolute atomic E-state index is 0.0605. The van der Waals surface area contributed by atoms with Crippen molar-refractivity contribution < 1.29 is 33.6 Å². The van der Waals surface area contributed by atoms with Crippen molar-refractivity contribution in [2.75, 3.05) is 25.2 Å². The van der Waals surface area contributed by atoms with Crippen LogP contribution in [-0.4, -0.2) is 43.2 Å². The number of methoxy groups -OCH3 is 1. The largest absolute Gasteiger partial charge is 0.507 e. The lowest BCUT2D eigenvalue weighted by Gasteiger charge is -2.26. The number of hydrogen-bond donors (Lipinski definition) is 1. The number of hydrogen-bond acceptors (Lipinski definition) is 7. The standard InChI is InChI=1S/C31H33NO7/c1-6-37-23-14-15-25(26(18-23)38-7-2)29(33)27-28(20-10-8-13-24(16-20)39-19(3)4)32(31(35)30(27)34)21-11-9-12-22(17-21)36-5/h8-19,28,33H,6-7H2,1-5H3/b29-27+. The first kappa shape index (κ1) is 27.6. The van der Waals surface area contributed by atoms with E-state index in [-0.39, 0.29) is 23.0 Å². The van der Waals surface area contributed by atoms with Gasteiger partial charge in [-0.3, -0.25) is 14.5 Å². The Morgan fingerprint density at radius 3 is 2.31 bits per heavy atom. The molecule has 4 rings (SSSR count). The van der Waals surface area contributed by atoms with E-state index in [1.165, 1.54) is 12.0 Å². The van der Waals surface area contributed by atoms with E-state index in [1.54, 1.807) is 66.7 Å². The van der Waals surface area contributed by atoms with Crippen LogP contribution >= 0.6 is 0 Å². The van der Waals surface area contributed by atoms with Crippen molar-refractivity contribution in [1.82, 2.24) is 0 Å². The average molecular weight is 532 g/mol. The van der Waals surface area contributed by atoms with Crippen LogP contribution in [0.5, 0.6) is 23.0 Å². The first-order chi connectivity index (χ1) is 18.8. The van der Waals surface area contributed by atoms with Gasteiger partial charge in [0.15, 0.2) is 0 Å². The number of rotatable bonds is 10. The maximum absolute atomic E-state index is 13.6. The number of nitrogens with zero attached hydrogens (tertiary/aromatic N) is 1. The number of ketones is 1. The van der Waals surface area contributed by atoms with Crippen LogP contribution in [0.4, 0.5) is 5.69 Å². The van der Waals surface area contributed by atoms with Gasteiger partial charge in [0, 0.05) is 17.8 Å². The molecule has 8 nitrogen and oxygen atoms in total. The number of ether oxygens (including phenoxy) is 4. The Balaban J connectivity index is 1.95. The van der Waals surface area contributed by atoms with E-state index in [1.807, 2.05) is 27.7 Å². The van der Waals surface area contributed by atoms with Crippen LogP contribution in [0.3, 0.4) is 0 Å². The highest BCUT2D eigenvalue weighted by Crippen LogP contribution is 2.44. The topological polar surface area (TPSA) is 94.5 Å². The Hall–Kier alpha value is -4.46. The molecule has 1 fully saturated rings. The third-order valence-corrected chi connectivity index (χ3v) is 6.14. The molecular weight excluding hydrogens is 498 g/mol. The summed E-state index contributed by atoms with van der Waals surface area (Å²) in [7, 11) is 1.53. The van der Waals surface area contributed by atoms with Crippen LogP contribution in [0, 0.1) is 0 Å². The van der Waals surface area contributed by atoms with Crippen molar-refractivity contribution >= 4 is 23.1 Å². The quantitative estimate of drug-likeness (QED) is 0.198. The molecule has 1 heterocycles. The van der Waals surface area contributed by atoms with Gasteiger partial charge in [-0.15, -0.1) is 0 Å². The number of carbonyl (C=O) groups is 2. The summed E-state index contributed by atoms with van der Waals surface area (Å²) in [4.78, 5) is 28.5. The highest BCUT2D eigenvalue weighted by atomic mass is 16.5. The van der Waals surface area contributed by atoms with E-state index in [4.69, 9.17) is 18.9 Å². The third-order valence-electron chi connectivity index (χ3n) is 6.14. The maximum atomic E-state index is 13.6. The Morgan fingerprint density at radius 2 is 1.62 bits per heavy atom. The molecule has 3 aromatic carbocycles. The average Bonchev–Trinajstić information content (AvgIpc) is 3.19. The number of amides is 1. The van der Waals surface area contributed by atoms with Crippen molar-refractivity contribution in [2.45, 2.75) is 39.8 Å². The van der Waals surface area contributed by atoms with Gasteiger partial charge in [-0.2, -0.15) is 0 Å². The highest BCUT2D eigenvalue weighted by Gasteiger charge is 2.47. The normalized spacial score (nSPS) is 16.5. The lowest BCUT2D eigenvalue weighted by molar-refractivity contribution is -0.132. The molecule has 1 N–H and O–H groups in total. The molecule has 1 aliphatic rings. The van der Waals surface area contributed by atoms with Crippen molar-refractivity contribution in [3.63, 3.8) is 0 Å². The number of Topliss-reactive ketones (excluding diaryl/α,β-unsaturated/α-hetero) is 1. The van der Waals surface area contributed by atoms with E-state index in [9.17, 15) is 14.7 Å². The van der Waals surface area contributed by atoms with Gasteiger partial charge in [0.25, 0.3) is 11.7 Å². The summed E-state index contributed by atoms with van der Waals surface area (Å²) in [6.45, 7) is 8.29. The zero-order valence-electron chi connectivity index (χ0n) is 22.8. The van der Waals surface area contributed by atoms with Crippen LogP contribution < -0.4 is 23.8 Å². The van der Waals surface area contributed by atoms with Crippen LogP contribution in [0.25, 0.3) is 5.76 Å². The van der Waals surface area contributed by atoms with Crippen LogP contribution in [0.1, 0.15) is 44.9 Å². The van der Waals surface area contributed by atoms with Crippen LogP contribution in [0.15, 0.2) is 72.3 Å². The molecule has 8 heteroatoms. The number of aliphatic hydroxyl groups excluding tert-OH is 1. The predicted molar refractivity (Wildman–Crippen MR) is 149 cm³/mol. The third kappa shape index (κ3) is 5.70. The summed E-state index contributed by atoms with van der Waals surface area (Å²) in [5, 5.41) is 11.7. The molecule has 0 aromatic heterocycles. The Bertz CT molecular complexity index is 1400. The number of aliphatic hydroxyl groups is 1. The summed E-state index contributed by atoms with van der Waals surface area (Å²) in [6.07, 6.45) is -0.0809. The fourth-order valence-corrected chi connectivity index (χ4v) is 4.58. The van der Waals surface area contributed by atoms with Gasteiger partial charge in [0.05, 0.1) is 43.6 Å². The molecule has 0 saturated carbocycles. The van der Waals surface area contributed by atoms with Gasteiger partial charge >= 0.3 is 0 Å². The molecule has 1 amide bonds. The van der Waals surface area contributed by atoms with E-state index < -0.39 is 17.7 Å². The summed E-state index contributed by atoms with van der Waals surface area (Å²) < 4.78 is 22.6. The Labute approximate surface area is 228 Å². The molecule has 0 spiro atoms. The molecule has 1 atom stereocenters. The molecule has 0 radical (unpaired) electrons. The number of carbonyl (C=O) groups excluding carboxylic acids is 2. The van der Waals surface area contributed by atoms with Gasteiger partial charge in [-0.25, -0.2) is 0 Å². The van der Waals surface area contributed by atoms with Crippen molar-refractivity contribution in [3.8, 4) is 23.0 Å². The first-order valence-corrected chi connectivity index (χ1v) is 12.9. The fourth-order valence-electron chi connectivity index (χ4n) is 4.58. The highest BCUT2D eigenvalue weighted by molar-refractivity contribution is 6.51. The lowest BCUT2D eigenvalue weighted by Crippen LogP contribution is -2.29. The summed E-state index contributed by atoms with van der Waals surface area (Å²) >= 11 is 0. The van der Waals surface area contributed by atoms with Crippen LogP contribution in [0.2, 0.25) is 0 Å². The van der Waals surface area contributed by atoms with Crippen molar-refractivity contribution in [2.24, 2.45) is 0 Å². The fraction of sp³-hybridized carbons (Fsp3) is 0.290. The molecule has 3 aromatic rings. The van der Waals surface area contributed by atoms with Gasteiger partial charge < -0.3 is 24.1 Å². The summed E-state index contributed by atoms with van der Waals surface area (Å²) in [5.74, 6) is 0.0738.